The number of carbonyl (C=O) groups excluding carboxylic acids is 1. The third kappa shape index (κ3) is 3.05. The van der Waals surface area contributed by atoms with Crippen LogP contribution in [0, 0.1) is 0 Å². The second-order valence-corrected chi connectivity index (χ2v) is 5.34. The summed E-state index contributed by atoms with van der Waals surface area (Å²) < 4.78 is 1.56. The molecule has 21 heavy (non-hydrogen) atoms. The average molecular weight is 282 g/mol. The Bertz CT molecular complexity index is 706. The molecule has 4 heteroatoms. The fourth-order valence-corrected chi connectivity index (χ4v) is 2.84. The molecular weight excluding hydrogens is 264 g/mol. The summed E-state index contributed by atoms with van der Waals surface area (Å²) >= 11 is 0. The lowest BCUT2D eigenvalue weighted by atomic mass is 10.1. The van der Waals surface area contributed by atoms with Crippen molar-refractivity contribution in [2.75, 3.05) is 0 Å². The van der Waals surface area contributed by atoms with Crippen LogP contribution in [0.15, 0.2) is 53.5 Å². The van der Waals surface area contributed by atoms with Crippen LogP contribution in [0.2, 0.25) is 0 Å². The van der Waals surface area contributed by atoms with E-state index in [2.05, 4.69) is 17.4 Å². The minimum Gasteiger partial charge on any atom is -0.349 e. The molecule has 3 rings (SSSR count). The van der Waals surface area contributed by atoms with Crippen molar-refractivity contribution in [2.45, 2.75) is 31.8 Å². The summed E-state index contributed by atoms with van der Waals surface area (Å²) in [7, 11) is 0. The van der Waals surface area contributed by atoms with Gasteiger partial charge in [0.05, 0.1) is 6.04 Å². The number of aromatic nitrogens is 1. The molecule has 1 N–H and O–H groups in total. The lowest BCUT2D eigenvalue weighted by Gasteiger charge is -2.14. The topological polar surface area (TPSA) is 51.1 Å². The highest BCUT2D eigenvalue weighted by atomic mass is 16.2. The van der Waals surface area contributed by atoms with E-state index in [0.29, 0.717) is 13.0 Å². The third-order valence-electron chi connectivity index (χ3n) is 3.95. The number of hydrogen-bond donors (Lipinski definition) is 1. The van der Waals surface area contributed by atoms with E-state index in [9.17, 15) is 9.59 Å². The first-order valence-electron chi connectivity index (χ1n) is 7.27. The first-order valence-corrected chi connectivity index (χ1v) is 7.27. The van der Waals surface area contributed by atoms with Gasteiger partial charge in [-0.1, -0.05) is 30.3 Å². The lowest BCUT2D eigenvalue weighted by Crippen LogP contribution is -2.29. The van der Waals surface area contributed by atoms with Gasteiger partial charge in [0.15, 0.2) is 0 Å². The van der Waals surface area contributed by atoms with Crippen LogP contribution in [0.3, 0.4) is 0 Å². The molecule has 108 valence electrons. The van der Waals surface area contributed by atoms with Gasteiger partial charge in [0.2, 0.25) is 5.91 Å². The minimum absolute atomic E-state index is 0.00699. The van der Waals surface area contributed by atoms with E-state index in [1.165, 1.54) is 17.2 Å². The Hall–Kier alpha value is -2.36. The maximum atomic E-state index is 12.1. The molecule has 1 aliphatic carbocycles. The van der Waals surface area contributed by atoms with Crippen LogP contribution >= 0.6 is 0 Å². The maximum absolute atomic E-state index is 12.1. The lowest BCUT2D eigenvalue weighted by molar-refractivity contribution is -0.122. The summed E-state index contributed by atoms with van der Waals surface area (Å²) in [6.07, 6.45) is 4.00. The van der Waals surface area contributed by atoms with Gasteiger partial charge in [0.1, 0.15) is 0 Å². The maximum Gasteiger partial charge on any atom is 0.250 e. The molecule has 1 amide bonds. The molecule has 0 radical (unpaired) electrons. The monoisotopic (exact) mass is 282 g/mol. The van der Waals surface area contributed by atoms with E-state index < -0.39 is 0 Å². The van der Waals surface area contributed by atoms with Gasteiger partial charge < -0.3 is 9.88 Å². The molecule has 0 spiro atoms. The fraction of sp³-hybridized carbons (Fsp3) is 0.294. The molecule has 0 saturated heterocycles. The Morgan fingerprint density at radius 2 is 2.00 bits per heavy atom. The predicted molar refractivity (Wildman–Crippen MR) is 81.0 cm³/mol. The van der Waals surface area contributed by atoms with Crippen LogP contribution in [-0.2, 0) is 17.8 Å². The van der Waals surface area contributed by atoms with Crippen molar-refractivity contribution in [3.63, 3.8) is 0 Å². The number of nitrogens with zero attached hydrogens (tertiary/aromatic N) is 1. The first kappa shape index (κ1) is 13.6. The van der Waals surface area contributed by atoms with Crippen molar-refractivity contribution in [3.05, 3.63) is 70.1 Å². The number of carbonyl (C=O) groups is 1. The van der Waals surface area contributed by atoms with Crippen LogP contribution in [-0.4, -0.2) is 10.5 Å². The predicted octanol–water partition coefficient (Wildman–Crippen LogP) is 2.04. The molecule has 1 aromatic carbocycles. The average Bonchev–Trinajstić information content (AvgIpc) is 2.90. The van der Waals surface area contributed by atoms with E-state index in [1.54, 1.807) is 22.9 Å². The second kappa shape index (κ2) is 5.95. The molecule has 0 fully saturated rings. The van der Waals surface area contributed by atoms with Gasteiger partial charge in [-0.05, 0) is 30.0 Å². The van der Waals surface area contributed by atoms with Crippen LogP contribution in [0.25, 0.3) is 0 Å². The summed E-state index contributed by atoms with van der Waals surface area (Å²) in [5.74, 6) is -0.00699. The number of fused-ring (bicyclic) bond motifs is 1. The smallest absolute Gasteiger partial charge is 0.250 e. The zero-order valence-corrected chi connectivity index (χ0v) is 11.8. The number of aryl methyl sites for hydroxylation is 2. The van der Waals surface area contributed by atoms with E-state index in [1.807, 2.05) is 12.1 Å². The van der Waals surface area contributed by atoms with E-state index in [4.69, 9.17) is 0 Å². The summed E-state index contributed by atoms with van der Waals surface area (Å²) in [5.41, 5.74) is 2.47. The fourth-order valence-electron chi connectivity index (χ4n) is 2.84. The summed E-state index contributed by atoms with van der Waals surface area (Å²) in [5, 5.41) is 3.07. The molecule has 1 atom stereocenters. The molecule has 1 heterocycles. The van der Waals surface area contributed by atoms with Crippen molar-refractivity contribution in [2.24, 2.45) is 0 Å². The molecule has 2 aromatic rings. The molecule has 1 aromatic heterocycles. The molecular formula is C17H18N2O2. The molecule has 1 aliphatic rings. The second-order valence-electron chi connectivity index (χ2n) is 5.34. The highest BCUT2D eigenvalue weighted by molar-refractivity contribution is 5.76. The zero-order valence-electron chi connectivity index (χ0n) is 11.8. The zero-order chi connectivity index (χ0) is 14.7. The summed E-state index contributed by atoms with van der Waals surface area (Å²) in [4.78, 5) is 23.6. The van der Waals surface area contributed by atoms with Crippen molar-refractivity contribution in [1.29, 1.82) is 0 Å². The van der Waals surface area contributed by atoms with Gasteiger partial charge in [-0.15, -0.1) is 0 Å². The van der Waals surface area contributed by atoms with Gasteiger partial charge in [-0.25, -0.2) is 0 Å². The van der Waals surface area contributed by atoms with Crippen molar-refractivity contribution in [1.82, 2.24) is 9.88 Å². The minimum atomic E-state index is -0.0727. The number of amides is 1. The Morgan fingerprint density at radius 3 is 2.86 bits per heavy atom. The Balaban J connectivity index is 1.58. The normalized spacial score (nSPS) is 16.5. The van der Waals surface area contributed by atoms with Crippen molar-refractivity contribution < 1.29 is 4.79 Å². The van der Waals surface area contributed by atoms with Gasteiger partial charge in [-0.3, -0.25) is 9.59 Å². The molecule has 0 aliphatic heterocycles. The number of benzene rings is 1. The number of rotatable bonds is 4. The van der Waals surface area contributed by atoms with Crippen LogP contribution in [0.4, 0.5) is 0 Å². The van der Waals surface area contributed by atoms with E-state index >= 15 is 0 Å². The quantitative estimate of drug-likeness (QED) is 0.933. The molecule has 1 unspecified atom stereocenters. The van der Waals surface area contributed by atoms with Crippen LogP contribution < -0.4 is 10.9 Å². The summed E-state index contributed by atoms with van der Waals surface area (Å²) in [6, 6.07) is 13.4. The number of nitrogens with one attached hydrogen (secondary N) is 1. The number of pyridine rings is 1. The summed E-state index contributed by atoms with van der Waals surface area (Å²) in [6.45, 7) is 0.417. The van der Waals surface area contributed by atoms with E-state index in [0.717, 1.165) is 12.8 Å². The molecule has 0 bridgehead atoms. The Labute approximate surface area is 123 Å². The molecule has 4 nitrogen and oxygen atoms in total. The largest absolute Gasteiger partial charge is 0.349 e. The SMILES string of the molecule is O=C(CCn1ccccc1=O)NC1CCc2ccccc21. The van der Waals surface area contributed by atoms with E-state index in [-0.39, 0.29) is 17.5 Å². The Morgan fingerprint density at radius 1 is 1.19 bits per heavy atom. The third-order valence-corrected chi connectivity index (χ3v) is 3.95. The Kier molecular flexibility index (Phi) is 3.86. The number of hydrogen-bond acceptors (Lipinski definition) is 2. The van der Waals surface area contributed by atoms with Crippen LogP contribution in [0.5, 0.6) is 0 Å². The van der Waals surface area contributed by atoms with Crippen molar-refractivity contribution in [3.8, 4) is 0 Å². The van der Waals surface area contributed by atoms with Gasteiger partial charge in [0.25, 0.3) is 5.56 Å². The van der Waals surface area contributed by atoms with Crippen molar-refractivity contribution >= 4 is 5.91 Å². The highest BCUT2D eigenvalue weighted by Gasteiger charge is 2.22. The first-order chi connectivity index (χ1) is 10.2. The van der Waals surface area contributed by atoms with Gasteiger partial charge >= 0.3 is 0 Å². The van der Waals surface area contributed by atoms with Crippen LogP contribution in [0.1, 0.15) is 30.0 Å². The van der Waals surface area contributed by atoms with Gasteiger partial charge in [0, 0.05) is 25.2 Å². The standard InChI is InChI=1S/C17H18N2O2/c20-16(10-12-19-11-4-3-7-17(19)21)18-15-9-8-13-5-1-2-6-14(13)15/h1-7,11,15H,8-10,12H2,(H,18,20). The highest BCUT2D eigenvalue weighted by Crippen LogP contribution is 2.30. The molecule has 0 saturated carbocycles. The van der Waals surface area contributed by atoms with Gasteiger partial charge in [-0.2, -0.15) is 0 Å².